The van der Waals surface area contributed by atoms with E-state index in [0.717, 1.165) is 17.5 Å². The monoisotopic (exact) mass is 220 g/mol. The van der Waals surface area contributed by atoms with Gasteiger partial charge >= 0.3 is 0 Å². The van der Waals surface area contributed by atoms with Crippen LogP contribution < -0.4 is 0 Å². The molecule has 0 aliphatic heterocycles. The molecule has 15 heavy (non-hydrogen) atoms. The Balaban J connectivity index is 2.18. The Labute approximate surface area is 92.5 Å². The minimum absolute atomic E-state index is 0.354. The Bertz CT molecular complexity index is 474. The first-order valence-electron chi connectivity index (χ1n) is 4.55. The van der Waals surface area contributed by atoms with Crippen molar-refractivity contribution in [2.45, 2.75) is 6.42 Å². The Morgan fingerprint density at radius 2 is 2.13 bits per heavy atom. The summed E-state index contributed by atoms with van der Waals surface area (Å²) in [6.07, 6.45) is 3.00. The second-order valence-electron chi connectivity index (χ2n) is 3.28. The van der Waals surface area contributed by atoms with Crippen LogP contribution in [0.5, 0.6) is 0 Å². The van der Waals surface area contributed by atoms with E-state index in [1.54, 1.807) is 12.3 Å². The highest BCUT2D eigenvalue weighted by Gasteiger charge is 2.02. The van der Waals surface area contributed by atoms with Crippen LogP contribution in [0.1, 0.15) is 21.7 Å². The van der Waals surface area contributed by atoms with Crippen molar-refractivity contribution in [2.75, 3.05) is 0 Å². The molecular weight excluding hydrogens is 212 g/mol. The average molecular weight is 221 g/mol. The van der Waals surface area contributed by atoms with Crippen molar-refractivity contribution in [3.63, 3.8) is 0 Å². The molecule has 0 saturated carbocycles. The quantitative estimate of drug-likeness (QED) is 0.743. The summed E-state index contributed by atoms with van der Waals surface area (Å²) in [5, 5.41) is 0.714. The van der Waals surface area contributed by atoms with Crippen molar-refractivity contribution >= 4 is 17.9 Å². The highest BCUT2D eigenvalue weighted by Crippen LogP contribution is 2.16. The molecule has 2 aromatic rings. The summed E-state index contributed by atoms with van der Waals surface area (Å²) >= 11 is 5.86. The second kappa shape index (κ2) is 4.32. The molecule has 3 heteroatoms. The Morgan fingerprint density at radius 3 is 2.80 bits per heavy atom. The fourth-order valence-electron chi connectivity index (χ4n) is 1.43. The average Bonchev–Trinajstić information content (AvgIpc) is 2.65. The summed E-state index contributed by atoms with van der Waals surface area (Å²) in [7, 11) is 0. The predicted octanol–water partition coefficient (Wildman–Crippen LogP) is 3.34. The molecule has 0 saturated heterocycles. The van der Waals surface area contributed by atoms with Crippen LogP contribution in [-0.2, 0) is 6.42 Å². The van der Waals surface area contributed by atoms with Gasteiger partial charge in [0.05, 0.1) is 6.26 Å². The first-order chi connectivity index (χ1) is 7.28. The molecule has 0 N–H and O–H groups in total. The van der Waals surface area contributed by atoms with Gasteiger partial charge in [-0.1, -0.05) is 23.7 Å². The number of aldehydes is 1. The molecule has 2 rings (SSSR count). The number of benzene rings is 1. The molecule has 1 aromatic carbocycles. The fraction of sp³-hybridized carbons (Fsp3) is 0.0833. The molecule has 0 bridgehead atoms. The maximum atomic E-state index is 10.4. The van der Waals surface area contributed by atoms with Crippen LogP contribution in [0.25, 0.3) is 0 Å². The van der Waals surface area contributed by atoms with Gasteiger partial charge < -0.3 is 4.42 Å². The van der Waals surface area contributed by atoms with Gasteiger partial charge in [0.1, 0.15) is 0 Å². The Hall–Kier alpha value is -1.54. The summed E-state index contributed by atoms with van der Waals surface area (Å²) in [5.74, 6) is 0.354. The van der Waals surface area contributed by atoms with E-state index in [1.165, 1.54) is 0 Å². The summed E-state index contributed by atoms with van der Waals surface area (Å²) < 4.78 is 5.02. The molecule has 0 spiro atoms. The SMILES string of the molecule is O=Cc1cc(Cc2cccc(Cl)c2)co1. The van der Waals surface area contributed by atoms with Crippen LogP contribution in [0, 0.1) is 0 Å². The zero-order valence-electron chi connectivity index (χ0n) is 7.94. The first-order valence-corrected chi connectivity index (χ1v) is 4.93. The van der Waals surface area contributed by atoms with Crippen LogP contribution in [0.2, 0.25) is 5.02 Å². The molecule has 0 unspecified atom stereocenters. The van der Waals surface area contributed by atoms with E-state index in [-0.39, 0.29) is 0 Å². The predicted molar refractivity (Wildman–Crippen MR) is 58.4 cm³/mol. The summed E-state index contributed by atoms with van der Waals surface area (Å²) in [6, 6.07) is 9.35. The molecule has 0 atom stereocenters. The summed E-state index contributed by atoms with van der Waals surface area (Å²) in [6.45, 7) is 0. The van der Waals surface area contributed by atoms with Crippen LogP contribution in [0.15, 0.2) is 41.0 Å². The number of hydrogen-bond acceptors (Lipinski definition) is 2. The van der Waals surface area contributed by atoms with Crippen LogP contribution >= 0.6 is 11.6 Å². The molecule has 0 amide bonds. The zero-order valence-corrected chi connectivity index (χ0v) is 8.70. The van der Waals surface area contributed by atoms with E-state index < -0.39 is 0 Å². The lowest BCUT2D eigenvalue weighted by atomic mass is 10.1. The van der Waals surface area contributed by atoms with Crippen molar-refractivity contribution in [2.24, 2.45) is 0 Å². The van der Waals surface area contributed by atoms with Gasteiger partial charge in [-0.25, -0.2) is 0 Å². The van der Waals surface area contributed by atoms with E-state index in [2.05, 4.69) is 0 Å². The summed E-state index contributed by atoms with van der Waals surface area (Å²) in [5.41, 5.74) is 2.07. The van der Waals surface area contributed by atoms with Gasteiger partial charge in [-0.15, -0.1) is 0 Å². The molecule has 2 nitrogen and oxygen atoms in total. The third-order valence-electron chi connectivity index (χ3n) is 2.09. The van der Waals surface area contributed by atoms with Crippen LogP contribution in [0.3, 0.4) is 0 Å². The van der Waals surface area contributed by atoms with Gasteiger partial charge in [0.2, 0.25) is 0 Å². The first kappa shape index (κ1) is 9.99. The van der Waals surface area contributed by atoms with Crippen LogP contribution in [0.4, 0.5) is 0 Å². The van der Waals surface area contributed by atoms with Crippen molar-refractivity contribution < 1.29 is 9.21 Å². The number of halogens is 1. The largest absolute Gasteiger partial charge is 0.461 e. The topological polar surface area (TPSA) is 30.2 Å². The molecule has 1 aromatic heterocycles. The molecule has 0 aliphatic rings. The maximum absolute atomic E-state index is 10.4. The minimum Gasteiger partial charge on any atom is -0.461 e. The third-order valence-corrected chi connectivity index (χ3v) is 2.32. The maximum Gasteiger partial charge on any atom is 0.185 e. The lowest BCUT2D eigenvalue weighted by Gasteiger charge is -1.98. The molecule has 0 aliphatic carbocycles. The molecule has 0 fully saturated rings. The minimum atomic E-state index is 0.354. The van der Waals surface area contributed by atoms with Gasteiger partial charge in [-0.3, -0.25) is 4.79 Å². The van der Waals surface area contributed by atoms with E-state index in [1.807, 2.05) is 24.3 Å². The lowest BCUT2D eigenvalue weighted by molar-refractivity contribution is 0.110. The normalized spacial score (nSPS) is 10.2. The highest BCUT2D eigenvalue weighted by atomic mass is 35.5. The smallest absolute Gasteiger partial charge is 0.185 e. The van der Waals surface area contributed by atoms with Crippen molar-refractivity contribution in [3.05, 3.63) is 58.5 Å². The van der Waals surface area contributed by atoms with Crippen molar-refractivity contribution in [1.82, 2.24) is 0 Å². The zero-order chi connectivity index (χ0) is 10.7. The van der Waals surface area contributed by atoms with Gasteiger partial charge in [0, 0.05) is 11.4 Å². The number of rotatable bonds is 3. The van der Waals surface area contributed by atoms with E-state index in [0.29, 0.717) is 17.1 Å². The lowest BCUT2D eigenvalue weighted by Crippen LogP contribution is -1.84. The third kappa shape index (κ3) is 2.48. The molecule has 0 radical (unpaired) electrons. The second-order valence-corrected chi connectivity index (χ2v) is 3.72. The van der Waals surface area contributed by atoms with E-state index in [9.17, 15) is 4.79 Å². The number of carbonyl (C=O) groups excluding carboxylic acids is 1. The van der Waals surface area contributed by atoms with Crippen molar-refractivity contribution in [3.8, 4) is 0 Å². The molecule has 1 heterocycles. The highest BCUT2D eigenvalue weighted by molar-refractivity contribution is 6.30. The number of hydrogen-bond donors (Lipinski definition) is 0. The van der Waals surface area contributed by atoms with E-state index >= 15 is 0 Å². The van der Waals surface area contributed by atoms with Gasteiger partial charge in [0.25, 0.3) is 0 Å². The van der Waals surface area contributed by atoms with Gasteiger partial charge in [0.15, 0.2) is 12.0 Å². The molecular formula is C12H9ClO2. The summed E-state index contributed by atoms with van der Waals surface area (Å²) in [4.78, 5) is 10.4. The fourth-order valence-corrected chi connectivity index (χ4v) is 1.64. The Morgan fingerprint density at radius 1 is 1.27 bits per heavy atom. The number of carbonyl (C=O) groups is 1. The Kier molecular flexibility index (Phi) is 2.88. The molecule has 76 valence electrons. The van der Waals surface area contributed by atoms with Crippen LogP contribution in [-0.4, -0.2) is 6.29 Å². The standard InChI is InChI=1S/C12H9ClO2/c13-11-3-1-2-9(5-11)4-10-6-12(7-14)15-8-10/h1-3,5-8H,4H2. The number of furan rings is 1. The van der Waals surface area contributed by atoms with Gasteiger partial charge in [-0.2, -0.15) is 0 Å². The van der Waals surface area contributed by atoms with Crippen molar-refractivity contribution in [1.29, 1.82) is 0 Å². The van der Waals surface area contributed by atoms with Gasteiger partial charge in [-0.05, 0) is 29.3 Å². The van der Waals surface area contributed by atoms with E-state index in [4.69, 9.17) is 16.0 Å².